The number of benzene rings is 12. The molecule has 0 radical (unpaired) electrons. The minimum Gasteiger partial charge on any atom is -0.310 e. The van der Waals surface area contributed by atoms with Crippen LogP contribution in [0.4, 0.5) is 28.4 Å². The zero-order valence-electron chi connectivity index (χ0n) is 44.6. The quantitative estimate of drug-likeness (QED) is 0.140. The molecule has 0 aliphatic heterocycles. The van der Waals surface area contributed by atoms with E-state index in [1.54, 1.807) is 0 Å². The lowest BCUT2D eigenvalue weighted by molar-refractivity contribution is 0.660. The Morgan fingerprint density at radius 3 is 1.32 bits per heavy atom. The molecule has 372 valence electrons. The molecular formula is C76H58N2. The summed E-state index contributed by atoms with van der Waals surface area (Å²) >= 11 is 0. The van der Waals surface area contributed by atoms with E-state index in [-0.39, 0.29) is 10.8 Å². The summed E-state index contributed by atoms with van der Waals surface area (Å²) in [4.78, 5) is 4.97. The average molecular weight is 999 g/mol. The van der Waals surface area contributed by atoms with Crippen molar-refractivity contribution in [3.05, 3.63) is 283 Å². The summed E-state index contributed by atoms with van der Waals surface area (Å²) in [5.41, 5.74) is 22.2. The first-order valence-corrected chi connectivity index (χ1v) is 27.7. The minimum atomic E-state index is -0.181. The number of hydrogen-bond acceptors (Lipinski definition) is 2. The predicted octanol–water partition coefficient (Wildman–Crippen LogP) is 21.1. The Labute approximate surface area is 457 Å². The Morgan fingerprint density at radius 1 is 0.321 bits per heavy atom. The van der Waals surface area contributed by atoms with Crippen molar-refractivity contribution in [3.8, 4) is 44.5 Å². The lowest BCUT2D eigenvalue weighted by atomic mass is 9.79. The van der Waals surface area contributed by atoms with Crippen LogP contribution in [0, 0.1) is 0 Å². The van der Waals surface area contributed by atoms with Gasteiger partial charge in [0.15, 0.2) is 0 Å². The minimum absolute atomic E-state index is 0.180. The van der Waals surface area contributed by atoms with Crippen molar-refractivity contribution >= 4 is 71.5 Å². The van der Waals surface area contributed by atoms with Gasteiger partial charge in [-0.05, 0) is 179 Å². The third-order valence-corrected chi connectivity index (χ3v) is 17.6. The van der Waals surface area contributed by atoms with Crippen molar-refractivity contribution < 1.29 is 0 Å². The largest absolute Gasteiger partial charge is 0.310 e. The van der Waals surface area contributed by atoms with Gasteiger partial charge in [0.1, 0.15) is 0 Å². The monoisotopic (exact) mass is 998 g/mol. The molecule has 12 aromatic rings. The van der Waals surface area contributed by atoms with E-state index in [1.807, 2.05) is 0 Å². The van der Waals surface area contributed by atoms with Gasteiger partial charge in [-0.1, -0.05) is 216 Å². The SMILES string of the molecule is CC1(C)c2ccccc2-c2ccc(-c3c4ccc(N(c5ccccc5)c5cccc6ccccc56)cc4c(-c4ccc5c(c4)C(C)(C)c4ccccc4-5)c4ccc(N(C5=CCCC=C5)c5cccc6ccccc56)cc34)cc21. The predicted molar refractivity (Wildman–Crippen MR) is 332 cm³/mol. The maximum Gasteiger partial charge on any atom is 0.0540 e. The zero-order chi connectivity index (χ0) is 52.3. The maximum atomic E-state index is 2.53. The second-order valence-corrected chi connectivity index (χ2v) is 22.7. The topological polar surface area (TPSA) is 6.48 Å². The molecule has 78 heavy (non-hydrogen) atoms. The van der Waals surface area contributed by atoms with E-state index in [0.717, 1.165) is 35.6 Å². The Hall–Kier alpha value is -9.24. The van der Waals surface area contributed by atoms with Crippen LogP contribution in [0.15, 0.2) is 261 Å². The molecule has 0 aromatic heterocycles. The fraction of sp³-hybridized carbons (Fsp3) is 0.105. The smallest absolute Gasteiger partial charge is 0.0540 e. The molecule has 0 spiro atoms. The highest BCUT2D eigenvalue weighted by Crippen LogP contribution is 2.55. The summed E-state index contributed by atoms with van der Waals surface area (Å²) in [6.07, 6.45) is 9.10. The van der Waals surface area contributed by atoms with Crippen molar-refractivity contribution in [2.75, 3.05) is 9.80 Å². The highest BCUT2D eigenvalue weighted by atomic mass is 15.2. The summed E-state index contributed by atoms with van der Waals surface area (Å²) < 4.78 is 0. The van der Waals surface area contributed by atoms with Crippen LogP contribution in [0.3, 0.4) is 0 Å². The van der Waals surface area contributed by atoms with Crippen molar-refractivity contribution in [2.24, 2.45) is 0 Å². The van der Waals surface area contributed by atoms with Crippen LogP contribution < -0.4 is 9.80 Å². The van der Waals surface area contributed by atoms with E-state index in [2.05, 4.69) is 292 Å². The molecule has 2 heteroatoms. The van der Waals surface area contributed by atoms with E-state index < -0.39 is 0 Å². The van der Waals surface area contributed by atoms with Crippen molar-refractivity contribution in [2.45, 2.75) is 51.4 Å². The molecule has 0 N–H and O–H groups in total. The first kappa shape index (κ1) is 46.1. The number of rotatable bonds is 8. The highest BCUT2D eigenvalue weighted by Gasteiger charge is 2.37. The normalized spacial score (nSPS) is 14.5. The summed E-state index contributed by atoms with van der Waals surface area (Å²) in [6.45, 7) is 9.60. The van der Waals surface area contributed by atoms with Crippen LogP contribution in [0.25, 0.3) is 87.6 Å². The van der Waals surface area contributed by atoms with Gasteiger partial charge in [-0.15, -0.1) is 0 Å². The number of para-hydroxylation sites is 1. The molecule has 0 saturated heterocycles. The van der Waals surface area contributed by atoms with Crippen LogP contribution in [-0.2, 0) is 10.8 Å². The van der Waals surface area contributed by atoms with Crippen LogP contribution in [0.1, 0.15) is 62.8 Å². The van der Waals surface area contributed by atoms with Crippen LogP contribution in [0.2, 0.25) is 0 Å². The van der Waals surface area contributed by atoms with Gasteiger partial charge < -0.3 is 9.80 Å². The Balaban J connectivity index is 1.07. The molecule has 0 bridgehead atoms. The second-order valence-electron chi connectivity index (χ2n) is 22.7. The molecule has 0 unspecified atom stereocenters. The summed E-state index contributed by atoms with van der Waals surface area (Å²) in [5.74, 6) is 0. The summed E-state index contributed by atoms with van der Waals surface area (Å²) in [7, 11) is 0. The Morgan fingerprint density at radius 2 is 0.782 bits per heavy atom. The number of allylic oxidation sites excluding steroid dienone is 3. The summed E-state index contributed by atoms with van der Waals surface area (Å²) in [5, 5.41) is 9.73. The second kappa shape index (κ2) is 17.7. The zero-order valence-corrected chi connectivity index (χ0v) is 44.6. The van der Waals surface area contributed by atoms with E-state index in [0.29, 0.717) is 0 Å². The van der Waals surface area contributed by atoms with E-state index in [9.17, 15) is 0 Å². The molecule has 0 atom stereocenters. The van der Waals surface area contributed by atoms with Crippen molar-refractivity contribution in [1.82, 2.24) is 0 Å². The lowest BCUT2D eigenvalue weighted by Gasteiger charge is -2.30. The maximum absolute atomic E-state index is 2.53. The molecule has 12 aromatic carbocycles. The number of hydrogen-bond donors (Lipinski definition) is 0. The van der Waals surface area contributed by atoms with Gasteiger partial charge in [-0.2, -0.15) is 0 Å². The molecule has 0 amide bonds. The molecule has 3 aliphatic carbocycles. The van der Waals surface area contributed by atoms with Gasteiger partial charge >= 0.3 is 0 Å². The molecule has 2 nitrogen and oxygen atoms in total. The Kier molecular flexibility index (Phi) is 10.4. The lowest BCUT2D eigenvalue weighted by Crippen LogP contribution is -2.16. The summed E-state index contributed by atoms with van der Waals surface area (Å²) in [6, 6.07) is 89.3. The van der Waals surface area contributed by atoms with Gasteiger partial charge in [0, 0.05) is 44.4 Å². The number of anilines is 5. The van der Waals surface area contributed by atoms with Gasteiger partial charge in [-0.25, -0.2) is 0 Å². The Bertz CT molecular complexity index is 4500. The van der Waals surface area contributed by atoms with Crippen LogP contribution >= 0.6 is 0 Å². The van der Waals surface area contributed by atoms with E-state index in [1.165, 1.54) is 121 Å². The molecule has 0 fully saturated rings. The van der Waals surface area contributed by atoms with E-state index in [4.69, 9.17) is 0 Å². The van der Waals surface area contributed by atoms with Crippen LogP contribution in [0.5, 0.6) is 0 Å². The van der Waals surface area contributed by atoms with Gasteiger partial charge in [-0.3, -0.25) is 0 Å². The van der Waals surface area contributed by atoms with E-state index >= 15 is 0 Å². The van der Waals surface area contributed by atoms with Crippen molar-refractivity contribution in [1.29, 1.82) is 0 Å². The third kappa shape index (κ3) is 7.02. The fourth-order valence-electron chi connectivity index (χ4n) is 13.8. The molecule has 0 saturated carbocycles. The van der Waals surface area contributed by atoms with Gasteiger partial charge in [0.25, 0.3) is 0 Å². The molecule has 0 heterocycles. The first-order valence-electron chi connectivity index (χ1n) is 27.7. The third-order valence-electron chi connectivity index (χ3n) is 17.6. The average Bonchev–Trinajstić information content (AvgIpc) is 4.01. The van der Waals surface area contributed by atoms with Crippen LogP contribution in [-0.4, -0.2) is 0 Å². The molecular weight excluding hydrogens is 941 g/mol. The first-order chi connectivity index (χ1) is 38.2. The van der Waals surface area contributed by atoms with Gasteiger partial charge in [0.2, 0.25) is 0 Å². The number of nitrogens with zero attached hydrogens (tertiary/aromatic N) is 2. The molecule has 15 rings (SSSR count). The molecule has 3 aliphatic rings. The highest BCUT2D eigenvalue weighted by molar-refractivity contribution is 6.23. The fourth-order valence-corrected chi connectivity index (χ4v) is 13.8. The van der Waals surface area contributed by atoms with Crippen molar-refractivity contribution in [3.63, 3.8) is 0 Å². The van der Waals surface area contributed by atoms with Gasteiger partial charge in [0.05, 0.1) is 11.4 Å². The standard InChI is InChI=1S/C76H58N2/c1-75(2)67-33-17-15-31-59(67)61-41-37-51(45-69(61)75)73-63-43-39-56(78(54-27-9-6-10-28-54)72-36-20-24-50-22-12-14-30-58(50)72)48-66(63)74(52-38-42-62-60-32-16-18-34-68(60)76(3,4)70(62)46-52)64-44-40-55(47-65(64)73)77(53-25-7-5-8-26-53)71-35-19-23-49-21-11-13-29-57(49)71/h5,7-9,11-48H,6,10H2,1-4H3. The number of fused-ring (bicyclic) bond motifs is 10.